The Kier molecular flexibility index (Phi) is 2.85. The van der Waals surface area contributed by atoms with Gasteiger partial charge in [-0.3, -0.25) is 4.79 Å². The maximum atomic E-state index is 12.2. The second-order valence-corrected chi connectivity index (χ2v) is 4.63. The van der Waals surface area contributed by atoms with E-state index >= 15 is 0 Å². The first kappa shape index (κ1) is 11.0. The minimum absolute atomic E-state index is 0.191. The van der Waals surface area contributed by atoms with E-state index in [9.17, 15) is 4.79 Å². The van der Waals surface area contributed by atoms with Crippen LogP contribution in [0.3, 0.4) is 0 Å². The van der Waals surface area contributed by atoms with Crippen LogP contribution in [0.25, 0.3) is 0 Å². The van der Waals surface area contributed by atoms with E-state index < -0.39 is 0 Å². The molecule has 18 heavy (non-hydrogen) atoms. The monoisotopic (exact) mass is 237 g/mol. The molecule has 0 bridgehead atoms. The van der Waals surface area contributed by atoms with Gasteiger partial charge in [0.05, 0.1) is 0 Å². The number of carbonyl (C=O) groups excluding carboxylic acids is 1. The summed E-state index contributed by atoms with van der Waals surface area (Å²) >= 11 is 0. The highest BCUT2D eigenvalue weighted by atomic mass is 16.1. The predicted octanol–water partition coefficient (Wildman–Crippen LogP) is 3.08. The first-order valence-corrected chi connectivity index (χ1v) is 6.27. The molecule has 1 heterocycles. The first-order valence-electron chi connectivity index (χ1n) is 6.27. The molecular weight excluding hydrogens is 222 g/mol. The van der Waals surface area contributed by atoms with Crippen molar-refractivity contribution < 1.29 is 4.79 Å². The third-order valence-corrected chi connectivity index (χ3v) is 3.34. The Bertz CT molecular complexity index is 575. The van der Waals surface area contributed by atoms with Crippen molar-refractivity contribution in [3.05, 3.63) is 65.2 Å². The van der Waals surface area contributed by atoms with E-state index in [2.05, 4.69) is 5.32 Å². The Morgan fingerprint density at radius 3 is 2.78 bits per heavy atom. The van der Waals surface area contributed by atoms with Gasteiger partial charge in [-0.2, -0.15) is 0 Å². The molecular formula is C16H15NO. The van der Waals surface area contributed by atoms with Crippen LogP contribution in [0.2, 0.25) is 0 Å². The SMILES string of the molecule is O=C(Cc1ccccc1)c1ccc2c(c1)CCN2. The summed E-state index contributed by atoms with van der Waals surface area (Å²) < 4.78 is 0. The van der Waals surface area contributed by atoms with E-state index in [1.54, 1.807) is 0 Å². The van der Waals surface area contributed by atoms with Crippen LogP contribution in [0.5, 0.6) is 0 Å². The van der Waals surface area contributed by atoms with Crippen molar-refractivity contribution in [3.63, 3.8) is 0 Å². The third-order valence-electron chi connectivity index (χ3n) is 3.34. The molecule has 0 fully saturated rings. The van der Waals surface area contributed by atoms with Crippen LogP contribution in [0.15, 0.2) is 48.5 Å². The lowest BCUT2D eigenvalue weighted by atomic mass is 10.0. The number of Topliss-reactive ketones (excluding diaryl/α,β-unsaturated/α-hetero) is 1. The van der Waals surface area contributed by atoms with Gasteiger partial charge in [-0.05, 0) is 35.7 Å². The minimum atomic E-state index is 0.191. The summed E-state index contributed by atoms with van der Waals surface area (Å²) in [4.78, 5) is 12.2. The van der Waals surface area contributed by atoms with E-state index in [1.807, 2.05) is 48.5 Å². The zero-order valence-corrected chi connectivity index (χ0v) is 10.1. The van der Waals surface area contributed by atoms with Gasteiger partial charge < -0.3 is 5.32 Å². The van der Waals surface area contributed by atoms with Crippen LogP contribution < -0.4 is 5.32 Å². The second kappa shape index (κ2) is 4.65. The van der Waals surface area contributed by atoms with Crippen LogP contribution in [-0.2, 0) is 12.8 Å². The smallest absolute Gasteiger partial charge is 0.167 e. The lowest BCUT2D eigenvalue weighted by Gasteiger charge is -2.04. The largest absolute Gasteiger partial charge is 0.384 e. The molecule has 0 amide bonds. The average molecular weight is 237 g/mol. The molecule has 1 aliphatic heterocycles. The quantitative estimate of drug-likeness (QED) is 0.831. The number of ketones is 1. The number of fused-ring (bicyclic) bond motifs is 1. The molecule has 0 aromatic heterocycles. The summed E-state index contributed by atoms with van der Waals surface area (Å²) in [5.74, 6) is 0.191. The molecule has 0 saturated heterocycles. The van der Waals surface area contributed by atoms with Gasteiger partial charge in [0.15, 0.2) is 5.78 Å². The number of carbonyl (C=O) groups is 1. The van der Waals surface area contributed by atoms with Gasteiger partial charge in [-0.15, -0.1) is 0 Å². The maximum Gasteiger partial charge on any atom is 0.167 e. The standard InChI is InChI=1S/C16H15NO/c18-16(10-12-4-2-1-3-5-12)14-6-7-15-13(11-14)8-9-17-15/h1-7,11,17H,8-10H2. The Hall–Kier alpha value is -2.09. The van der Waals surface area contributed by atoms with E-state index in [4.69, 9.17) is 0 Å². The lowest BCUT2D eigenvalue weighted by Crippen LogP contribution is -2.03. The molecule has 2 aromatic rings. The topological polar surface area (TPSA) is 29.1 Å². The third kappa shape index (κ3) is 2.14. The van der Waals surface area contributed by atoms with Crippen molar-refractivity contribution in [2.45, 2.75) is 12.8 Å². The van der Waals surface area contributed by atoms with Gasteiger partial charge in [-0.25, -0.2) is 0 Å². The fraction of sp³-hybridized carbons (Fsp3) is 0.188. The summed E-state index contributed by atoms with van der Waals surface area (Å²) in [6, 6.07) is 15.8. The van der Waals surface area contributed by atoms with Gasteiger partial charge in [0, 0.05) is 24.2 Å². The molecule has 0 radical (unpaired) electrons. The summed E-state index contributed by atoms with van der Waals surface area (Å²) in [5, 5.41) is 3.30. The van der Waals surface area contributed by atoms with E-state index in [0.29, 0.717) is 6.42 Å². The number of nitrogens with one attached hydrogen (secondary N) is 1. The van der Waals surface area contributed by atoms with Gasteiger partial charge in [0.25, 0.3) is 0 Å². The fourth-order valence-electron chi connectivity index (χ4n) is 2.36. The molecule has 0 atom stereocenters. The molecule has 2 nitrogen and oxygen atoms in total. The Labute approximate surface area is 107 Å². The number of anilines is 1. The second-order valence-electron chi connectivity index (χ2n) is 4.63. The summed E-state index contributed by atoms with van der Waals surface area (Å²) in [5.41, 5.74) is 4.32. The Balaban J connectivity index is 1.81. The average Bonchev–Trinajstić information content (AvgIpc) is 2.87. The van der Waals surface area contributed by atoms with Crippen LogP contribution in [-0.4, -0.2) is 12.3 Å². The predicted molar refractivity (Wildman–Crippen MR) is 73.1 cm³/mol. The van der Waals surface area contributed by atoms with Crippen molar-refractivity contribution in [1.82, 2.24) is 0 Å². The van der Waals surface area contributed by atoms with Crippen LogP contribution in [0, 0.1) is 0 Å². The molecule has 90 valence electrons. The zero-order valence-electron chi connectivity index (χ0n) is 10.1. The summed E-state index contributed by atoms with van der Waals surface area (Å²) in [6.07, 6.45) is 1.49. The number of hydrogen-bond acceptors (Lipinski definition) is 2. The summed E-state index contributed by atoms with van der Waals surface area (Å²) in [7, 11) is 0. The van der Waals surface area contributed by atoms with Gasteiger partial charge in [0.2, 0.25) is 0 Å². The maximum absolute atomic E-state index is 12.2. The number of benzene rings is 2. The molecule has 0 spiro atoms. The first-order chi connectivity index (χ1) is 8.83. The molecule has 3 rings (SSSR count). The highest BCUT2D eigenvalue weighted by molar-refractivity contribution is 5.98. The molecule has 2 aromatic carbocycles. The van der Waals surface area contributed by atoms with Crippen molar-refractivity contribution in [2.24, 2.45) is 0 Å². The molecule has 0 aliphatic carbocycles. The van der Waals surface area contributed by atoms with Crippen molar-refractivity contribution in [3.8, 4) is 0 Å². The van der Waals surface area contributed by atoms with Crippen molar-refractivity contribution in [1.29, 1.82) is 0 Å². The normalized spacial score (nSPS) is 12.9. The van der Waals surface area contributed by atoms with Crippen LogP contribution in [0.4, 0.5) is 5.69 Å². The Morgan fingerprint density at radius 1 is 1.11 bits per heavy atom. The van der Waals surface area contributed by atoms with Crippen molar-refractivity contribution in [2.75, 3.05) is 11.9 Å². The zero-order chi connectivity index (χ0) is 12.4. The lowest BCUT2D eigenvalue weighted by molar-refractivity contribution is 0.0993. The van der Waals surface area contributed by atoms with Gasteiger partial charge in [-0.1, -0.05) is 30.3 Å². The highest BCUT2D eigenvalue weighted by Crippen LogP contribution is 2.23. The van der Waals surface area contributed by atoms with E-state index in [0.717, 1.165) is 24.1 Å². The molecule has 0 unspecified atom stereocenters. The van der Waals surface area contributed by atoms with Gasteiger partial charge >= 0.3 is 0 Å². The minimum Gasteiger partial charge on any atom is -0.384 e. The van der Waals surface area contributed by atoms with E-state index in [1.165, 1.54) is 11.3 Å². The fourth-order valence-corrected chi connectivity index (χ4v) is 2.36. The number of rotatable bonds is 3. The van der Waals surface area contributed by atoms with Crippen LogP contribution in [0.1, 0.15) is 21.5 Å². The summed E-state index contributed by atoms with van der Waals surface area (Å²) in [6.45, 7) is 0.978. The van der Waals surface area contributed by atoms with Crippen molar-refractivity contribution >= 4 is 11.5 Å². The highest BCUT2D eigenvalue weighted by Gasteiger charge is 2.13. The molecule has 2 heteroatoms. The Morgan fingerprint density at radius 2 is 1.94 bits per heavy atom. The van der Waals surface area contributed by atoms with Crippen LogP contribution >= 0.6 is 0 Å². The molecule has 1 N–H and O–H groups in total. The number of hydrogen-bond donors (Lipinski definition) is 1. The van der Waals surface area contributed by atoms with E-state index in [-0.39, 0.29) is 5.78 Å². The van der Waals surface area contributed by atoms with Gasteiger partial charge in [0.1, 0.15) is 0 Å². The molecule has 1 aliphatic rings. The molecule has 0 saturated carbocycles.